The molecule has 2 unspecified atom stereocenters. The second kappa shape index (κ2) is 4.31. The molecule has 0 spiro atoms. The van der Waals surface area contributed by atoms with Gasteiger partial charge in [0.2, 0.25) is 0 Å². The highest BCUT2D eigenvalue weighted by atomic mass is 16.5. The maximum absolute atomic E-state index is 11.6. The van der Waals surface area contributed by atoms with Crippen molar-refractivity contribution in [2.75, 3.05) is 13.2 Å². The van der Waals surface area contributed by atoms with Crippen molar-refractivity contribution in [3.8, 4) is 0 Å². The van der Waals surface area contributed by atoms with Gasteiger partial charge in [0.1, 0.15) is 0 Å². The topological polar surface area (TPSA) is 87.0 Å². The molecule has 4 saturated carbocycles. The third-order valence-electron chi connectivity index (χ3n) is 5.42. The van der Waals surface area contributed by atoms with Gasteiger partial charge >= 0.3 is 5.97 Å². The van der Waals surface area contributed by atoms with Gasteiger partial charge in [-0.2, -0.15) is 0 Å². The lowest BCUT2D eigenvalue weighted by Gasteiger charge is -2.67. The normalized spacial score (nSPS) is 47.4. The Balaban J connectivity index is 1.86. The molecule has 5 heteroatoms. The number of hydrogen-bond donors (Lipinski definition) is 3. The van der Waals surface area contributed by atoms with E-state index in [0.29, 0.717) is 44.1 Å². The number of esters is 1. The quantitative estimate of drug-likeness (QED) is 0.530. The predicted octanol–water partition coefficient (Wildman–Crippen LogP) is 0.914. The minimum Gasteiger partial charge on any atom is -0.462 e. The summed E-state index contributed by atoms with van der Waals surface area (Å²) in [5.41, 5.74) is -2.46. The van der Waals surface area contributed by atoms with E-state index >= 15 is 0 Å². The molecule has 0 aromatic rings. The standard InChI is InChI=1S/C16H24O5/c1-11(2)12(18)21-10-14-3-13(9-17)4-15(19,6-14)8-16(20,5-13)7-14/h17,19-20H,1,3-10H2,2H3. The molecule has 0 amide bonds. The number of aliphatic hydroxyl groups excluding tert-OH is 1. The largest absolute Gasteiger partial charge is 0.462 e. The number of hydrogen-bond acceptors (Lipinski definition) is 5. The van der Waals surface area contributed by atoms with Crippen molar-refractivity contribution < 1.29 is 24.9 Å². The van der Waals surface area contributed by atoms with Crippen molar-refractivity contribution in [2.24, 2.45) is 10.8 Å². The van der Waals surface area contributed by atoms with Crippen LogP contribution in [0.1, 0.15) is 45.4 Å². The van der Waals surface area contributed by atoms with Gasteiger partial charge in [-0.25, -0.2) is 4.79 Å². The molecule has 5 nitrogen and oxygen atoms in total. The summed E-state index contributed by atoms with van der Waals surface area (Å²) in [4.78, 5) is 11.6. The molecule has 118 valence electrons. The summed E-state index contributed by atoms with van der Waals surface area (Å²) < 4.78 is 5.33. The zero-order valence-corrected chi connectivity index (χ0v) is 12.5. The van der Waals surface area contributed by atoms with E-state index in [9.17, 15) is 20.1 Å². The van der Waals surface area contributed by atoms with Crippen molar-refractivity contribution in [1.82, 2.24) is 0 Å². The summed E-state index contributed by atoms with van der Waals surface area (Å²) in [5.74, 6) is -0.442. The van der Waals surface area contributed by atoms with Crippen LogP contribution in [0.4, 0.5) is 0 Å². The average Bonchev–Trinajstić information content (AvgIpc) is 2.31. The molecule has 4 aliphatic rings. The Morgan fingerprint density at radius 3 is 2.05 bits per heavy atom. The highest BCUT2D eigenvalue weighted by molar-refractivity contribution is 5.86. The van der Waals surface area contributed by atoms with Crippen LogP contribution >= 0.6 is 0 Å². The van der Waals surface area contributed by atoms with Crippen LogP contribution in [-0.2, 0) is 9.53 Å². The molecule has 0 radical (unpaired) electrons. The number of rotatable bonds is 4. The van der Waals surface area contributed by atoms with Crippen LogP contribution in [0.15, 0.2) is 12.2 Å². The molecule has 0 aliphatic heterocycles. The summed E-state index contributed by atoms with van der Waals surface area (Å²) in [5, 5.41) is 31.3. The summed E-state index contributed by atoms with van der Waals surface area (Å²) in [7, 11) is 0. The predicted molar refractivity (Wildman–Crippen MR) is 75.3 cm³/mol. The van der Waals surface area contributed by atoms with Gasteiger partial charge in [0.05, 0.1) is 17.8 Å². The first-order valence-corrected chi connectivity index (χ1v) is 7.51. The smallest absolute Gasteiger partial charge is 0.333 e. The van der Waals surface area contributed by atoms with E-state index in [-0.39, 0.29) is 13.2 Å². The molecule has 21 heavy (non-hydrogen) atoms. The first-order valence-electron chi connectivity index (χ1n) is 7.51. The van der Waals surface area contributed by atoms with Crippen molar-refractivity contribution in [3.63, 3.8) is 0 Å². The Morgan fingerprint density at radius 2 is 1.57 bits per heavy atom. The minimum atomic E-state index is -0.956. The summed E-state index contributed by atoms with van der Waals surface area (Å²) >= 11 is 0. The third-order valence-corrected chi connectivity index (χ3v) is 5.42. The first kappa shape index (κ1) is 15.0. The van der Waals surface area contributed by atoms with Crippen LogP contribution in [0.2, 0.25) is 0 Å². The molecule has 0 saturated heterocycles. The summed E-state index contributed by atoms with van der Waals surface area (Å²) in [6, 6.07) is 0. The Labute approximate surface area is 124 Å². The van der Waals surface area contributed by atoms with Crippen LogP contribution < -0.4 is 0 Å². The van der Waals surface area contributed by atoms with E-state index in [0.717, 1.165) is 0 Å². The third kappa shape index (κ3) is 2.41. The lowest BCUT2D eigenvalue weighted by Crippen LogP contribution is -2.68. The van der Waals surface area contributed by atoms with E-state index < -0.39 is 28.0 Å². The fraction of sp³-hybridized carbons (Fsp3) is 0.812. The maximum atomic E-state index is 11.6. The van der Waals surface area contributed by atoms with E-state index in [1.807, 2.05) is 0 Å². The van der Waals surface area contributed by atoms with Gasteiger partial charge in [0.25, 0.3) is 0 Å². The van der Waals surface area contributed by atoms with Crippen molar-refractivity contribution >= 4 is 5.97 Å². The first-order chi connectivity index (χ1) is 9.63. The fourth-order valence-corrected chi connectivity index (χ4v) is 5.61. The Bertz CT molecular complexity index is 479. The van der Waals surface area contributed by atoms with Gasteiger partial charge in [-0.1, -0.05) is 6.58 Å². The Hall–Kier alpha value is -0.910. The van der Waals surface area contributed by atoms with E-state index in [2.05, 4.69) is 6.58 Å². The van der Waals surface area contributed by atoms with E-state index in [1.165, 1.54) is 0 Å². The Kier molecular flexibility index (Phi) is 3.08. The van der Waals surface area contributed by atoms with Crippen LogP contribution in [0.5, 0.6) is 0 Å². The molecule has 2 atom stereocenters. The molecule has 0 aromatic carbocycles. The number of carbonyl (C=O) groups is 1. The van der Waals surface area contributed by atoms with Gasteiger partial charge in [0, 0.05) is 24.0 Å². The molecular formula is C16H24O5. The van der Waals surface area contributed by atoms with Gasteiger partial charge in [-0.15, -0.1) is 0 Å². The van der Waals surface area contributed by atoms with Gasteiger partial charge < -0.3 is 20.1 Å². The van der Waals surface area contributed by atoms with Crippen LogP contribution in [0, 0.1) is 10.8 Å². The highest BCUT2D eigenvalue weighted by Gasteiger charge is 2.67. The zero-order chi connectivity index (χ0) is 15.5. The van der Waals surface area contributed by atoms with E-state index in [4.69, 9.17) is 4.74 Å². The molecule has 4 fully saturated rings. The van der Waals surface area contributed by atoms with Gasteiger partial charge in [0.15, 0.2) is 0 Å². The van der Waals surface area contributed by atoms with Crippen molar-refractivity contribution in [3.05, 3.63) is 12.2 Å². The molecule has 0 aromatic heterocycles. The molecular weight excluding hydrogens is 272 g/mol. The average molecular weight is 296 g/mol. The molecule has 4 rings (SSSR count). The maximum Gasteiger partial charge on any atom is 0.333 e. The Morgan fingerprint density at radius 1 is 1.05 bits per heavy atom. The second-order valence-corrected chi connectivity index (χ2v) is 8.02. The monoisotopic (exact) mass is 296 g/mol. The molecule has 4 bridgehead atoms. The van der Waals surface area contributed by atoms with Crippen molar-refractivity contribution in [2.45, 2.75) is 56.7 Å². The minimum absolute atomic E-state index is 0.0478. The molecule has 0 heterocycles. The second-order valence-electron chi connectivity index (χ2n) is 8.02. The molecule has 3 N–H and O–H groups in total. The molecule has 4 aliphatic carbocycles. The SMILES string of the molecule is C=C(C)C(=O)OCC12CC3(O)CC(O)(CC(CO)(C3)C1)C2. The number of aliphatic hydroxyl groups is 3. The van der Waals surface area contributed by atoms with E-state index in [1.54, 1.807) is 6.92 Å². The van der Waals surface area contributed by atoms with Gasteiger partial charge in [-0.3, -0.25) is 0 Å². The van der Waals surface area contributed by atoms with Crippen LogP contribution in [0.3, 0.4) is 0 Å². The van der Waals surface area contributed by atoms with Crippen molar-refractivity contribution in [1.29, 1.82) is 0 Å². The summed E-state index contributed by atoms with van der Waals surface area (Å²) in [6.07, 6.45) is 3.13. The number of carbonyl (C=O) groups excluding carboxylic acids is 1. The zero-order valence-electron chi connectivity index (χ0n) is 12.5. The summed E-state index contributed by atoms with van der Waals surface area (Å²) in [6.45, 7) is 5.28. The lowest BCUT2D eigenvalue weighted by molar-refractivity contribution is -0.273. The van der Waals surface area contributed by atoms with Crippen LogP contribution in [-0.4, -0.2) is 45.7 Å². The fourth-order valence-electron chi connectivity index (χ4n) is 5.61. The lowest BCUT2D eigenvalue weighted by atomic mass is 9.41. The highest BCUT2D eigenvalue weighted by Crippen LogP contribution is 2.67. The number of ether oxygens (including phenoxy) is 1. The van der Waals surface area contributed by atoms with Crippen LogP contribution in [0.25, 0.3) is 0 Å². The van der Waals surface area contributed by atoms with Gasteiger partial charge in [-0.05, 0) is 44.4 Å².